The number of esters is 2. The molecule has 1 aliphatic carbocycles. The summed E-state index contributed by atoms with van der Waals surface area (Å²) in [5, 5.41) is 0. The van der Waals surface area contributed by atoms with Crippen LogP contribution in [-0.4, -0.2) is 65.5 Å². The van der Waals surface area contributed by atoms with Gasteiger partial charge < -0.3 is 19.1 Å². The molecule has 0 saturated carbocycles. The van der Waals surface area contributed by atoms with E-state index in [1.54, 1.807) is 46.0 Å². The molecule has 9 nitrogen and oxygen atoms in total. The van der Waals surface area contributed by atoms with Gasteiger partial charge in [-0.3, -0.25) is 19.6 Å². The Balaban J connectivity index is 1.25. The van der Waals surface area contributed by atoms with Crippen molar-refractivity contribution in [3.8, 4) is 0 Å². The second-order valence-corrected chi connectivity index (χ2v) is 17.0. The summed E-state index contributed by atoms with van der Waals surface area (Å²) in [7, 11) is 1.47. The highest BCUT2D eigenvalue weighted by atomic mass is 16.6. The third kappa shape index (κ3) is 10.8. The van der Waals surface area contributed by atoms with E-state index in [-0.39, 0.29) is 30.5 Å². The lowest BCUT2D eigenvalue weighted by atomic mass is 9.64. The van der Waals surface area contributed by atoms with E-state index in [9.17, 15) is 14.4 Å². The first kappa shape index (κ1) is 42.8. The lowest BCUT2D eigenvalue weighted by Crippen LogP contribution is -2.37. The van der Waals surface area contributed by atoms with Gasteiger partial charge in [-0.05, 0) is 102 Å². The first-order valence-corrected chi connectivity index (χ1v) is 19.9. The lowest BCUT2D eigenvalue weighted by molar-refractivity contribution is -0.147. The third-order valence-corrected chi connectivity index (χ3v) is 11.1. The summed E-state index contributed by atoms with van der Waals surface area (Å²) < 4.78 is 16.8. The summed E-state index contributed by atoms with van der Waals surface area (Å²) in [6.45, 7) is 19.6. The van der Waals surface area contributed by atoms with Gasteiger partial charge in [-0.2, -0.15) is 0 Å². The summed E-state index contributed by atoms with van der Waals surface area (Å²) >= 11 is 0. The van der Waals surface area contributed by atoms with Crippen LogP contribution in [0.2, 0.25) is 0 Å². The molecule has 0 saturated heterocycles. The molecule has 57 heavy (non-hydrogen) atoms. The highest BCUT2D eigenvalue weighted by Crippen LogP contribution is 2.46. The van der Waals surface area contributed by atoms with E-state index < -0.39 is 35.7 Å². The van der Waals surface area contributed by atoms with E-state index >= 15 is 0 Å². The van der Waals surface area contributed by atoms with Crippen LogP contribution in [-0.2, 0) is 35.8 Å². The van der Waals surface area contributed by atoms with Gasteiger partial charge in [0.1, 0.15) is 24.9 Å². The van der Waals surface area contributed by atoms with E-state index in [1.165, 1.54) is 46.0 Å². The Kier molecular flexibility index (Phi) is 13.4. The third-order valence-electron chi connectivity index (χ3n) is 11.1. The Morgan fingerprint density at radius 3 is 2.35 bits per heavy atom. The van der Waals surface area contributed by atoms with Crippen molar-refractivity contribution < 1.29 is 28.6 Å². The molecule has 0 bridgehead atoms. The van der Waals surface area contributed by atoms with E-state index in [2.05, 4.69) is 100 Å². The van der Waals surface area contributed by atoms with Crippen LogP contribution in [0.25, 0.3) is 5.57 Å². The maximum atomic E-state index is 13.6. The minimum Gasteiger partial charge on any atom is -0.459 e. The number of likely N-dealkylation sites (N-methyl/N-ethyl adjacent to an activating group) is 1. The molecular weight excluding hydrogens is 715 g/mol. The maximum Gasteiger partial charge on any atom is 0.410 e. The topological polar surface area (TPSA) is 107 Å². The molecule has 1 aromatic heterocycles. The lowest BCUT2D eigenvalue weighted by Gasteiger charge is -2.40. The number of rotatable bonds is 14. The monoisotopic (exact) mass is 773 g/mol. The van der Waals surface area contributed by atoms with Gasteiger partial charge in [0.2, 0.25) is 0 Å². The van der Waals surface area contributed by atoms with E-state index in [4.69, 9.17) is 19.2 Å². The number of pyridine rings is 1. The Morgan fingerprint density at radius 1 is 0.947 bits per heavy atom. The van der Waals surface area contributed by atoms with Crippen molar-refractivity contribution in [1.29, 1.82) is 0 Å². The van der Waals surface area contributed by atoms with Crippen molar-refractivity contribution in [3.05, 3.63) is 129 Å². The molecule has 302 valence electrons. The van der Waals surface area contributed by atoms with Crippen LogP contribution < -0.4 is 0 Å². The number of amides is 1. The molecule has 5 rings (SSSR count). The van der Waals surface area contributed by atoms with Gasteiger partial charge in [0.15, 0.2) is 0 Å². The average Bonchev–Trinajstić information content (AvgIpc) is 3.84. The molecule has 0 fully saturated rings. The van der Waals surface area contributed by atoms with Crippen LogP contribution >= 0.6 is 0 Å². The molecule has 3 unspecified atom stereocenters. The Labute approximate surface area is 338 Å². The van der Waals surface area contributed by atoms with Crippen molar-refractivity contribution in [3.63, 3.8) is 0 Å². The fourth-order valence-corrected chi connectivity index (χ4v) is 7.57. The van der Waals surface area contributed by atoms with Gasteiger partial charge in [0.25, 0.3) is 0 Å². The van der Waals surface area contributed by atoms with Gasteiger partial charge in [0, 0.05) is 36.0 Å². The molecule has 0 N–H and O–H groups in total. The van der Waals surface area contributed by atoms with Crippen LogP contribution in [0.4, 0.5) is 4.79 Å². The van der Waals surface area contributed by atoms with Crippen molar-refractivity contribution in [2.75, 3.05) is 13.6 Å². The number of carbonyl (C=O) groups is 3. The molecule has 2 aliphatic rings. The second kappa shape index (κ2) is 17.9. The quantitative estimate of drug-likeness (QED) is 0.119. The van der Waals surface area contributed by atoms with Gasteiger partial charge >= 0.3 is 18.0 Å². The smallest absolute Gasteiger partial charge is 0.410 e. The minimum atomic E-state index is -0.729. The molecule has 1 amide bonds. The van der Waals surface area contributed by atoms with Crippen molar-refractivity contribution in [1.82, 2.24) is 9.88 Å². The minimum absolute atomic E-state index is 0.0936. The van der Waals surface area contributed by atoms with Gasteiger partial charge in [-0.25, -0.2) is 4.79 Å². The zero-order valence-corrected chi connectivity index (χ0v) is 35.5. The normalized spacial score (nSPS) is 17.7. The Hall–Kier alpha value is -5.31. The van der Waals surface area contributed by atoms with Crippen LogP contribution in [0.5, 0.6) is 0 Å². The highest BCUT2D eigenvalue weighted by Gasteiger charge is 2.39. The summed E-state index contributed by atoms with van der Waals surface area (Å²) in [5.74, 6) is -1.56. The van der Waals surface area contributed by atoms with Crippen molar-refractivity contribution in [2.45, 2.75) is 118 Å². The molecule has 2 aromatic carbocycles. The highest BCUT2D eigenvalue weighted by molar-refractivity contribution is 5.85. The van der Waals surface area contributed by atoms with Gasteiger partial charge in [0.05, 0.1) is 17.7 Å². The fourth-order valence-electron chi connectivity index (χ4n) is 7.57. The summed E-state index contributed by atoms with van der Waals surface area (Å²) in [6.07, 6.45) is 10.8. The molecule has 1 aliphatic heterocycles. The van der Waals surface area contributed by atoms with E-state index in [1.807, 2.05) is 13.1 Å². The van der Waals surface area contributed by atoms with Crippen molar-refractivity contribution in [2.24, 2.45) is 10.9 Å². The number of aromatic nitrogens is 1. The molecule has 9 heteroatoms. The standard InChI is InChI=1S/C48H59N3O6/c1-30-15-18-36(19-16-30)38-21-20-37(24-38)34(5)48(10,42-23-31(2)14-17-32(42)3)26-41-25-40(27-50-41)35(6)56-45(53)33(4)44-39(13-12-22-49-44)29-55-43(52)28-51(11)46(54)57-47(7,8)9/h12-19,21-25,27,33-35,41H,20,26,28-29H2,1-11H3/t33?,34-,35?,41?,48-/m0/s1. The van der Waals surface area contributed by atoms with E-state index in [0.29, 0.717) is 11.3 Å². The summed E-state index contributed by atoms with van der Waals surface area (Å²) in [4.78, 5) is 49.0. The average molecular weight is 774 g/mol. The van der Waals surface area contributed by atoms with E-state index in [0.717, 1.165) is 23.3 Å². The SMILES string of the molecule is Cc1ccc(C2=CCC([C@H](C)[C@](C)(CC3C=C(C(C)OC(=O)C(C)c4ncccc4COC(=O)CN(C)C(=O)OC(C)(C)C)C=N3)c3cc(C)ccc3C)=C2)cc1. The Morgan fingerprint density at radius 2 is 1.65 bits per heavy atom. The largest absolute Gasteiger partial charge is 0.459 e. The van der Waals surface area contributed by atoms with Crippen LogP contribution in [0.3, 0.4) is 0 Å². The number of ether oxygens (including phenoxy) is 3. The zero-order chi connectivity index (χ0) is 41.7. The van der Waals surface area contributed by atoms with Gasteiger partial charge in [-0.15, -0.1) is 0 Å². The molecule has 0 radical (unpaired) electrons. The number of allylic oxidation sites excluding steroid dienone is 4. The molecule has 0 spiro atoms. The second-order valence-electron chi connectivity index (χ2n) is 17.0. The first-order valence-electron chi connectivity index (χ1n) is 19.9. The maximum absolute atomic E-state index is 13.6. The van der Waals surface area contributed by atoms with Crippen LogP contribution in [0, 0.1) is 26.7 Å². The number of aliphatic imine (C=N–C) groups is 1. The number of carbonyl (C=O) groups excluding carboxylic acids is 3. The summed E-state index contributed by atoms with van der Waals surface area (Å²) in [5.41, 5.74) is 9.95. The number of aryl methyl sites for hydroxylation is 3. The predicted octanol–water partition coefficient (Wildman–Crippen LogP) is 9.73. The predicted molar refractivity (Wildman–Crippen MR) is 226 cm³/mol. The van der Waals surface area contributed by atoms with Crippen LogP contribution in [0.15, 0.2) is 95.2 Å². The van der Waals surface area contributed by atoms with Crippen LogP contribution in [0.1, 0.15) is 106 Å². The number of nitrogens with zero attached hydrogens (tertiary/aromatic N) is 3. The molecule has 3 aromatic rings. The fraction of sp³-hybridized carbons (Fsp3) is 0.438. The summed E-state index contributed by atoms with van der Waals surface area (Å²) in [6, 6.07) is 18.8. The number of benzene rings is 2. The van der Waals surface area contributed by atoms with Gasteiger partial charge in [-0.1, -0.05) is 97.3 Å². The zero-order valence-electron chi connectivity index (χ0n) is 35.5. The first-order chi connectivity index (χ1) is 26.8. The van der Waals surface area contributed by atoms with Crippen molar-refractivity contribution >= 4 is 29.8 Å². The number of hydrogen-bond acceptors (Lipinski definition) is 8. The Bertz CT molecular complexity index is 2090. The number of hydrogen-bond donors (Lipinski definition) is 0. The molecule has 5 atom stereocenters. The molecular formula is C48H59N3O6. The molecule has 2 heterocycles.